The van der Waals surface area contributed by atoms with Crippen LogP contribution in [0.25, 0.3) is 17.0 Å². The lowest BCUT2D eigenvalue weighted by Crippen LogP contribution is -2.13. The Bertz CT molecular complexity index is 1370. The third kappa shape index (κ3) is 4.66. The molecule has 0 spiro atoms. The van der Waals surface area contributed by atoms with E-state index in [-0.39, 0.29) is 5.57 Å². The first-order chi connectivity index (χ1) is 15.4. The highest BCUT2D eigenvalue weighted by Gasteiger charge is 2.13. The number of benzene rings is 3. The molecule has 0 bridgehead atoms. The van der Waals surface area contributed by atoms with Crippen LogP contribution in [0, 0.1) is 25.2 Å². The van der Waals surface area contributed by atoms with Gasteiger partial charge in [-0.1, -0.05) is 52.3 Å². The molecule has 1 amide bonds. The predicted octanol–water partition coefficient (Wildman–Crippen LogP) is 6.61. The van der Waals surface area contributed by atoms with Crippen molar-refractivity contribution < 1.29 is 4.79 Å². The molecule has 0 radical (unpaired) electrons. The highest BCUT2D eigenvalue weighted by molar-refractivity contribution is 9.10. The van der Waals surface area contributed by atoms with E-state index in [4.69, 9.17) is 0 Å². The van der Waals surface area contributed by atoms with E-state index in [1.807, 2.05) is 74.6 Å². The molecule has 4 nitrogen and oxygen atoms in total. The summed E-state index contributed by atoms with van der Waals surface area (Å²) < 4.78 is 3.18. The molecule has 32 heavy (non-hydrogen) atoms. The SMILES string of the molecule is Cc1ccc(NC(=O)/C(C#N)=C/c2cn(Cc3ccc(Br)cc3)c3ccccc23)cc1C. The number of carbonyl (C=O) groups excluding carboxylic acids is 1. The highest BCUT2D eigenvalue weighted by atomic mass is 79.9. The van der Waals surface area contributed by atoms with E-state index < -0.39 is 5.91 Å². The van der Waals surface area contributed by atoms with E-state index in [1.165, 1.54) is 0 Å². The molecule has 5 heteroatoms. The fourth-order valence-corrected chi connectivity index (χ4v) is 3.89. The number of hydrogen-bond acceptors (Lipinski definition) is 2. The van der Waals surface area contributed by atoms with Gasteiger partial charge in [-0.05, 0) is 66.9 Å². The second kappa shape index (κ2) is 9.25. The molecule has 0 aliphatic carbocycles. The summed E-state index contributed by atoms with van der Waals surface area (Å²) >= 11 is 3.47. The van der Waals surface area contributed by atoms with Crippen molar-refractivity contribution in [1.29, 1.82) is 5.26 Å². The number of aryl methyl sites for hydroxylation is 2. The third-order valence-electron chi connectivity index (χ3n) is 5.52. The first kappa shape index (κ1) is 21.6. The first-order valence-corrected chi connectivity index (χ1v) is 11.1. The number of anilines is 1. The highest BCUT2D eigenvalue weighted by Crippen LogP contribution is 2.25. The number of rotatable bonds is 5. The molecular weight excluding hydrogens is 462 g/mol. The fourth-order valence-electron chi connectivity index (χ4n) is 3.63. The van der Waals surface area contributed by atoms with Crippen LogP contribution in [0.5, 0.6) is 0 Å². The summed E-state index contributed by atoms with van der Waals surface area (Å²) in [5, 5.41) is 13.5. The van der Waals surface area contributed by atoms with Crippen molar-refractivity contribution in [1.82, 2.24) is 4.57 Å². The average molecular weight is 484 g/mol. The van der Waals surface area contributed by atoms with Gasteiger partial charge in [-0.2, -0.15) is 5.26 Å². The smallest absolute Gasteiger partial charge is 0.266 e. The maximum absolute atomic E-state index is 12.8. The lowest BCUT2D eigenvalue weighted by molar-refractivity contribution is -0.112. The summed E-state index contributed by atoms with van der Waals surface area (Å²) in [4.78, 5) is 12.8. The second-order valence-electron chi connectivity index (χ2n) is 7.78. The Morgan fingerprint density at radius 2 is 1.81 bits per heavy atom. The van der Waals surface area contributed by atoms with Crippen LogP contribution in [0.4, 0.5) is 5.69 Å². The second-order valence-corrected chi connectivity index (χ2v) is 8.69. The van der Waals surface area contributed by atoms with Crippen molar-refractivity contribution >= 4 is 44.5 Å². The monoisotopic (exact) mass is 483 g/mol. The van der Waals surface area contributed by atoms with E-state index in [0.717, 1.165) is 37.6 Å². The minimum absolute atomic E-state index is 0.0646. The van der Waals surface area contributed by atoms with Gasteiger partial charge < -0.3 is 9.88 Å². The van der Waals surface area contributed by atoms with Gasteiger partial charge in [0.15, 0.2) is 0 Å². The number of nitrogens with one attached hydrogen (secondary N) is 1. The molecule has 1 heterocycles. The van der Waals surface area contributed by atoms with Crippen LogP contribution in [0.1, 0.15) is 22.3 Å². The van der Waals surface area contributed by atoms with Crippen molar-refractivity contribution in [2.45, 2.75) is 20.4 Å². The molecule has 0 atom stereocenters. The third-order valence-corrected chi connectivity index (χ3v) is 6.04. The van der Waals surface area contributed by atoms with Crippen LogP contribution in [0.15, 0.2) is 83.0 Å². The Balaban J connectivity index is 1.66. The summed E-state index contributed by atoms with van der Waals surface area (Å²) in [6, 6.07) is 24.0. The number of nitriles is 1. The van der Waals surface area contributed by atoms with Crippen molar-refractivity contribution in [3.8, 4) is 6.07 Å². The van der Waals surface area contributed by atoms with Crippen molar-refractivity contribution in [2.75, 3.05) is 5.32 Å². The molecule has 0 saturated heterocycles. The van der Waals surface area contributed by atoms with Gasteiger partial charge in [0, 0.05) is 39.4 Å². The molecule has 0 fully saturated rings. The molecule has 4 rings (SSSR count). The van der Waals surface area contributed by atoms with E-state index in [2.05, 4.69) is 44.0 Å². The number of amides is 1. The zero-order valence-electron chi connectivity index (χ0n) is 17.9. The van der Waals surface area contributed by atoms with E-state index >= 15 is 0 Å². The molecular formula is C27H22BrN3O. The maximum atomic E-state index is 12.8. The molecule has 4 aromatic rings. The van der Waals surface area contributed by atoms with Crippen molar-refractivity contribution in [3.63, 3.8) is 0 Å². The Hall–Kier alpha value is -3.62. The summed E-state index contributed by atoms with van der Waals surface area (Å²) in [6.07, 6.45) is 3.66. The van der Waals surface area contributed by atoms with Gasteiger partial charge in [0.1, 0.15) is 11.6 Å². The molecule has 158 valence electrons. The Morgan fingerprint density at radius 1 is 1.06 bits per heavy atom. The predicted molar refractivity (Wildman–Crippen MR) is 133 cm³/mol. The Morgan fingerprint density at radius 3 is 2.53 bits per heavy atom. The van der Waals surface area contributed by atoms with Gasteiger partial charge in [-0.25, -0.2) is 0 Å². The summed E-state index contributed by atoms with van der Waals surface area (Å²) in [7, 11) is 0. The fraction of sp³-hybridized carbons (Fsp3) is 0.111. The van der Waals surface area contributed by atoms with E-state index in [1.54, 1.807) is 6.08 Å². The molecule has 3 aromatic carbocycles. The van der Waals surface area contributed by atoms with Crippen LogP contribution < -0.4 is 5.32 Å². The van der Waals surface area contributed by atoms with Crippen LogP contribution >= 0.6 is 15.9 Å². The van der Waals surface area contributed by atoms with E-state index in [9.17, 15) is 10.1 Å². The summed E-state index contributed by atoms with van der Waals surface area (Å²) in [5.41, 5.74) is 6.03. The number of hydrogen-bond donors (Lipinski definition) is 1. The molecule has 0 unspecified atom stereocenters. The molecule has 1 aromatic heterocycles. The lowest BCUT2D eigenvalue weighted by Gasteiger charge is -2.07. The van der Waals surface area contributed by atoms with Crippen molar-refractivity contribution in [2.24, 2.45) is 0 Å². The summed E-state index contributed by atoms with van der Waals surface area (Å²) in [5.74, 6) is -0.416. The number of aromatic nitrogens is 1. The zero-order chi connectivity index (χ0) is 22.7. The number of carbonyl (C=O) groups is 1. The van der Waals surface area contributed by atoms with Crippen LogP contribution in [0.3, 0.4) is 0 Å². The molecule has 1 N–H and O–H groups in total. The number of nitrogens with zero attached hydrogens (tertiary/aromatic N) is 2. The van der Waals surface area contributed by atoms with Gasteiger partial charge >= 0.3 is 0 Å². The lowest BCUT2D eigenvalue weighted by atomic mass is 10.1. The van der Waals surface area contributed by atoms with Gasteiger partial charge in [0.25, 0.3) is 5.91 Å². The molecule has 0 aliphatic heterocycles. The van der Waals surface area contributed by atoms with Crippen LogP contribution in [-0.4, -0.2) is 10.5 Å². The maximum Gasteiger partial charge on any atom is 0.266 e. The average Bonchev–Trinajstić information content (AvgIpc) is 3.13. The number of fused-ring (bicyclic) bond motifs is 1. The minimum Gasteiger partial charge on any atom is -0.342 e. The summed E-state index contributed by atoms with van der Waals surface area (Å²) in [6.45, 7) is 4.70. The van der Waals surface area contributed by atoms with Crippen LogP contribution in [-0.2, 0) is 11.3 Å². The largest absolute Gasteiger partial charge is 0.342 e. The van der Waals surface area contributed by atoms with Gasteiger partial charge in [0.05, 0.1) is 0 Å². The number of halogens is 1. The van der Waals surface area contributed by atoms with Gasteiger partial charge in [-0.3, -0.25) is 4.79 Å². The quantitative estimate of drug-likeness (QED) is 0.256. The molecule has 0 aliphatic rings. The Kier molecular flexibility index (Phi) is 6.25. The topological polar surface area (TPSA) is 57.8 Å². The van der Waals surface area contributed by atoms with Crippen molar-refractivity contribution in [3.05, 3.63) is 105 Å². The van der Waals surface area contributed by atoms with Crippen LogP contribution in [0.2, 0.25) is 0 Å². The standard InChI is InChI=1S/C27H22BrN3O/c1-18-7-12-24(13-19(18)2)30-27(32)21(15-29)14-22-17-31(26-6-4-3-5-25(22)26)16-20-8-10-23(28)11-9-20/h3-14,17H,16H2,1-2H3,(H,30,32)/b21-14+. The zero-order valence-corrected chi connectivity index (χ0v) is 19.5. The minimum atomic E-state index is -0.416. The normalized spacial score (nSPS) is 11.4. The molecule has 0 saturated carbocycles. The van der Waals surface area contributed by atoms with Gasteiger partial charge in [0.2, 0.25) is 0 Å². The first-order valence-electron chi connectivity index (χ1n) is 10.3. The Labute approximate surface area is 195 Å². The van der Waals surface area contributed by atoms with E-state index in [0.29, 0.717) is 12.2 Å². The van der Waals surface area contributed by atoms with Gasteiger partial charge in [-0.15, -0.1) is 0 Å². The number of para-hydroxylation sites is 1.